The van der Waals surface area contributed by atoms with Gasteiger partial charge in [-0.25, -0.2) is 4.39 Å². The van der Waals surface area contributed by atoms with Gasteiger partial charge in [-0.1, -0.05) is 11.6 Å². The minimum atomic E-state index is -0.815. The van der Waals surface area contributed by atoms with E-state index in [0.29, 0.717) is 11.7 Å². The molecule has 1 aromatic rings. The molecular formula is C18H22ClFN2O4. The zero-order valence-corrected chi connectivity index (χ0v) is 15.0. The van der Waals surface area contributed by atoms with Gasteiger partial charge in [-0.2, -0.15) is 0 Å². The van der Waals surface area contributed by atoms with Crippen LogP contribution in [-0.4, -0.2) is 53.7 Å². The molecule has 2 aliphatic rings. The van der Waals surface area contributed by atoms with Gasteiger partial charge in [0.25, 0.3) is 5.91 Å². The molecule has 8 heteroatoms. The highest BCUT2D eigenvalue weighted by Gasteiger charge is 2.37. The summed E-state index contributed by atoms with van der Waals surface area (Å²) >= 11 is 5.67. The van der Waals surface area contributed by atoms with E-state index in [-0.39, 0.29) is 36.2 Å². The van der Waals surface area contributed by atoms with E-state index in [1.54, 1.807) is 0 Å². The number of hydrogen-bond donors (Lipinski definition) is 2. The lowest BCUT2D eigenvalue weighted by atomic mass is 9.85. The van der Waals surface area contributed by atoms with Gasteiger partial charge in [-0.05, 0) is 43.7 Å². The van der Waals surface area contributed by atoms with Crippen molar-refractivity contribution < 1.29 is 23.8 Å². The Balaban J connectivity index is 1.39. The maximum absolute atomic E-state index is 13.1. The summed E-state index contributed by atoms with van der Waals surface area (Å²) in [5, 5.41) is 11.9. The molecule has 26 heavy (non-hydrogen) atoms. The molecule has 1 aromatic carbocycles. The Bertz CT molecular complexity index is 677. The number of carbonyl (C=O) groups excluding carboxylic acids is 1. The lowest BCUT2D eigenvalue weighted by molar-refractivity contribution is -0.140. The maximum atomic E-state index is 13.1. The quantitative estimate of drug-likeness (QED) is 0.683. The van der Waals surface area contributed by atoms with Crippen LogP contribution in [0.5, 0.6) is 5.75 Å². The molecule has 2 N–H and O–H groups in total. The average Bonchev–Trinajstić information content (AvgIpc) is 3.34. The van der Waals surface area contributed by atoms with E-state index in [1.165, 1.54) is 31.0 Å². The summed E-state index contributed by atoms with van der Waals surface area (Å²) in [6.45, 7) is 0.701. The van der Waals surface area contributed by atoms with E-state index >= 15 is 0 Å². The highest BCUT2D eigenvalue weighted by Crippen LogP contribution is 2.33. The first-order valence-corrected chi connectivity index (χ1v) is 9.11. The number of amides is 1. The molecule has 0 radical (unpaired) electrons. The topological polar surface area (TPSA) is 78.9 Å². The van der Waals surface area contributed by atoms with E-state index in [4.69, 9.17) is 21.4 Å². The number of hydrogen-bond acceptors (Lipinski definition) is 4. The van der Waals surface area contributed by atoms with Crippen molar-refractivity contribution in [3.05, 3.63) is 29.0 Å². The molecule has 0 aromatic heterocycles. The van der Waals surface area contributed by atoms with Gasteiger partial charge in [-0.15, -0.1) is 0 Å². The fourth-order valence-electron chi connectivity index (χ4n) is 3.14. The molecule has 1 amide bonds. The molecule has 0 atom stereocenters. The van der Waals surface area contributed by atoms with Crippen LogP contribution >= 0.6 is 11.6 Å². The number of ether oxygens (including phenoxy) is 1. The molecule has 0 spiro atoms. The van der Waals surface area contributed by atoms with E-state index in [2.05, 4.69) is 5.32 Å². The van der Waals surface area contributed by atoms with Crippen molar-refractivity contribution in [3.63, 3.8) is 0 Å². The minimum absolute atomic E-state index is 0.0309. The standard InChI is InChI=1S/C18H22ClFN2O4/c19-15-7-14(3-4-16(15)20)26-10-17(23)21-12-5-13(6-12)22(9-18(24)25)8-11-1-2-11/h3-4,7,11-13H,1-2,5-6,8-10H2,(H,21,23)(H,24,25). The fraction of sp³-hybridized carbons (Fsp3) is 0.556. The monoisotopic (exact) mass is 384 g/mol. The third kappa shape index (κ3) is 5.32. The zero-order valence-electron chi connectivity index (χ0n) is 14.3. The normalized spacial score (nSPS) is 22.0. The highest BCUT2D eigenvalue weighted by molar-refractivity contribution is 6.30. The molecule has 142 valence electrons. The van der Waals surface area contributed by atoms with Crippen LogP contribution < -0.4 is 10.1 Å². The largest absolute Gasteiger partial charge is 0.484 e. The lowest BCUT2D eigenvalue weighted by Gasteiger charge is -2.42. The summed E-state index contributed by atoms with van der Waals surface area (Å²) in [5.41, 5.74) is 0. The molecule has 3 rings (SSSR count). The highest BCUT2D eigenvalue weighted by atomic mass is 35.5. The number of carbonyl (C=O) groups is 2. The van der Waals surface area contributed by atoms with Gasteiger partial charge in [0.2, 0.25) is 0 Å². The summed E-state index contributed by atoms with van der Waals surface area (Å²) in [4.78, 5) is 25.0. The van der Waals surface area contributed by atoms with Gasteiger partial charge in [0.1, 0.15) is 11.6 Å². The van der Waals surface area contributed by atoms with Crippen LogP contribution in [0.2, 0.25) is 5.02 Å². The molecule has 6 nitrogen and oxygen atoms in total. The van der Waals surface area contributed by atoms with Gasteiger partial charge in [0.15, 0.2) is 6.61 Å². The molecule has 0 unspecified atom stereocenters. The summed E-state index contributed by atoms with van der Waals surface area (Å²) in [7, 11) is 0. The molecule has 0 aliphatic heterocycles. The number of rotatable bonds is 9. The number of aliphatic carboxylic acids is 1. The Labute approximate surface area is 156 Å². The molecule has 0 saturated heterocycles. The van der Waals surface area contributed by atoms with E-state index < -0.39 is 11.8 Å². The first-order chi connectivity index (χ1) is 12.4. The molecular weight excluding hydrogens is 363 g/mol. The Morgan fingerprint density at radius 1 is 1.35 bits per heavy atom. The summed E-state index contributed by atoms with van der Waals surface area (Å²) in [5.74, 6) is -0.666. The van der Waals surface area contributed by atoms with Crippen LogP contribution in [0, 0.1) is 11.7 Å². The second-order valence-corrected chi connectivity index (χ2v) is 7.43. The van der Waals surface area contributed by atoms with Gasteiger partial charge in [0.05, 0.1) is 11.6 Å². The smallest absolute Gasteiger partial charge is 0.317 e. The van der Waals surface area contributed by atoms with Crippen molar-refractivity contribution in [1.29, 1.82) is 0 Å². The van der Waals surface area contributed by atoms with Gasteiger partial charge in [0, 0.05) is 24.7 Å². The van der Waals surface area contributed by atoms with Crippen LogP contribution in [0.4, 0.5) is 4.39 Å². The van der Waals surface area contributed by atoms with Crippen LogP contribution in [0.15, 0.2) is 18.2 Å². The Morgan fingerprint density at radius 2 is 2.08 bits per heavy atom. The van der Waals surface area contributed by atoms with Crippen molar-refractivity contribution in [2.24, 2.45) is 5.92 Å². The van der Waals surface area contributed by atoms with Crippen molar-refractivity contribution >= 4 is 23.5 Å². The predicted octanol–water partition coefficient (Wildman–Crippen LogP) is 2.30. The third-order valence-electron chi connectivity index (χ3n) is 4.78. The van der Waals surface area contributed by atoms with E-state index in [0.717, 1.165) is 19.4 Å². The van der Waals surface area contributed by atoms with Gasteiger partial charge in [-0.3, -0.25) is 14.5 Å². The predicted molar refractivity (Wildman–Crippen MR) is 93.8 cm³/mol. The Kier molecular flexibility index (Phi) is 5.98. The van der Waals surface area contributed by atoms with Crippen LogP contribution in [-0.2, 0) is 9.59 Å². The second-order valence-electron chi connectivity index (χ2n) is 7.02. The SMILES string of the molecule is O=C(O)CN(CC1CC1)C1CC(NC(=O)COc2ccc(F)c(Cl)c2)C1. The Hall–Kier alpha value is -1.86. The van der Waals surface area contributed by atoms with E-state index in [9.17, 15) is 14.0 Å². The molecule has 2 fully saturated rings. The number of carboxylic acids is 1. The number of benzene rings is 1. The van der Waals surface area contributed by atoms with E-state index in [1.807, 2.05) is 4.90 Å². The molecule has 2 aliphatic carbocycles. The van der Waals surface area contributed by atoms with Crippen molar-refractivity contribution in [2.75, 3.05) is 19.7 Å². The minimum Gasteiger partial charge on any atom is -0.484 e. The summed E-state index contributed by atoms with van der Waals surface area (Å²) in [6, 6.07) is 4.15. The summed E-state index contributed by atoms with van der Waals surface area (Å²) in [6.07, 6.45) is 3.84. The fourth-order valence-corrected chi connectivity index (χ4v) is 3.31. The maximum Gasteiger partial charge on any atom is 0.317 e. The number of halogens is 2. The van der Waals surface area contributed by atoms with Crippen LogP contribution in [0.3, 0.4) is 0 Å². The number of nitrogens with one attached hydrogen (secondary N) is 1. The summed E-state index contributed by atoms with van der Waals surface area (Å²) < 4.78 is 18.4. The molecule has 0 heterocycles. The number of carboxylic acid groups (broad SMARTS) is 1. The van der Waals surface area contributed by atoms with Crippen LogP contribution in [0.25, 0.3) is 0 Å². The second kappa shape index (κ2) is 8.22. The van der Waals surface area contributed by atoms with Crippen molar-refractivity contribution in [1.82, 2.24) is 10.2 Å². The van der Waals surface area contributed by atoms with Gasteiger partial charge >= 0.3 is 5.97 Å². The molecule has 2 saturated carbocycles. The number of nitrogens with zero attached hydrogens (tertiary/aromatic N) is 1. The van der Waals surface area contributed by atoms with Crippen LogP contribution in [0.1, 0.15) is 25.7 Å². The van der Waals surface area contributed by atoms with Gasteiger partial charge < -0.3 is 15.2 Å². The molecule has 0 bridgehead atoms. The average molecular weight is 385 g/mol. The first kappa shape index (κ1) is 18.9. The lowest BCUT2D eigenvalue weighted by Crippen LogP contribution is -2.55. The Morgan fingerprint density at radius 3 is 2.69 bits per heavy atom. The van der Waals surface area contributed by atoms with Crippen molar-refractivity contribution in [3.8, 4) is 5.75 Å². The van der Waals surface area contributed by atoms with Crippen molar-refractivity contribution in [2.45, 2.75) is 37.8 Å². The third-order valence-corrected chi connectivity index (χ3v) is 5.07. The first-order valence-electron chi connectivity index (χ1n) is 8.73. The zero-order chi connectivity index (χ0) is 18.7.